The van der Waals surface area contributed by atoms with Crippen molar-refractivity contribution < 1.29 is 27.8 Å². The Kier molecular flexibility index (Phi) is 7.16. The van der Waals surface area contributed by atoms with Crippen LogP contribution in [0.25, 0.3) is 0 Å². The molecule has 0 saturated carbocycles. The quantitative estimate of drug-likeness (QED) is 0.504. The first kappa shape index (κ1) is 23.3. The van der Waals surface area contributed by atoms with E-state index in [1.807, 2.05) is 6.92 Å². The molecule has 0 spiro atoms. The van der Waals surface area contributed by atoms with Gasteiger partial charge in [-0.15, -0.1) is 0 Å². The van der Waals surface area contributed by atoms with Gasteiger partial charge in [-0.2, -0.15) is 5.10 Å². The zero-order chi connectivity index (χ0) is 23.3. The van der Waals surface area contributed by atoms with Crippen molar-refractivity contribution in [1.82, 2.24) is 9.78 Å². The Balaban J connectivity index is 1.87. The van der Waals surface area contributed by atoms with Crippen LogP contribution < -0.4 is 14.8 Å². The predicted molar refractivity (Wildman–Crippen MR) is 119 cm³/mol. The molecule has 3 rings (SSSR count). The van der Waals surface area contributed by atoms with Gasteiger partial charge in [-0.05, 0) is 50.2 Å². The summed E-state index contributed by atoms with van der Waals surface area (Å²) in [5, 5.41) is 16.3. The molecular formula is C22H25N3O6S. The fraction of sp³-hybridized carbons (Fsp3) is 0.273. The van der Waals surface area contributed by atoms with Gasteiger partial charge in [0.25, 0.3) is 5.91 Å². The smallest absolute Gasteiger partial charge is 0.257 e. The number of hydrogen-bond donors (Lipinski definition) is 2. The zero-order valence-corrected chi connectivity index (χ0v) is 18.8. The van der Waals surface area contributed by atoms with Crippen LogP contribution in [0.2, 0.25) is 0 Å². The Morgan fingerprint density at radius 2 is 1.81 bits per heavy atom. The number of rotatable bonds is 9. The van der Waals surface area contributed by atoms with Crippen LogP contribution in [-0.4, -0.2) is 48.2 Å². The van der Waals surface area contributed by atoms with Crippen molar-refractivity contribution in [2.45, 2.75) is 31.4 Å². The summed E-state index contributed by atoms with van der Waals surface area (Å²) in [5.74, 6) is 1.03. The van der Waals surface area contributed by atoms with Gasteiger partial charge in [-0.1, -0.05) is 0 Å². The third-order valence-corrected chi connectivity index (χ3v) is 5.56. The minimum Gasteiger partial charge on any atom is -0.488 e. The van der Waals surface area contributed by atoms with Gasteiger partial charge in [0.2, 0.25) is 0 Å². The van der Waals surface area contributed by atoms with Crippen molar-refractivity contribution in [3.63, 3.8) is 0 Å². The van der Waals surface area contributed by atoms with E-state index in [4.69, 9.17) is 9.47 Å². The average molecular weight is 460 g/mol. The Morgan fingerprint density at radius 1 is 1.12 bits per heavy atom. The number of carbonyl (C=O) groups excluding carboxylic acids is 1. The van der Waals surface area contributed by atoms with E-state index in [1.165, 1.54) is 36.4 Å². The van der Waals surface area contributed by atoms with Gasteiger partial charge in [0, 0.05) is 36.7 Å². The number of sulfone groups is 1. The van der Waals surface area contributed by atoms with Crippen molar-refractivity contribution in [3.05, 3.63) is 60.3 Å². The molecule has 32 heavy (non-hydrogen) atoms. The molecule has 10 heteroatoms. The van der Waals surface area contributed by atoms with Crippen LogP contribution in [0.15, 0.2) is 59.6 Å². The van der Waals surface area contributed by atoms with E-state index in [2.05, 4.69) is 10.4 Å². The molecule has 1 atom stereocenters. The van der Waals surface area contributed by atoms with Gasteiger partial charge in [0.05, 0.1) is 11.5 Å². The fourth-order valence-corrected chi connectivity index (χ4v) is 3.41. The highest BCUT2D eigenvalue weighted by Gasteiger charge is 2.14. The number of carbonyl (C=O) groups is 1. The molecule has 0 aliphatic carbocycles. The number of aryl methyl sites for hydroxylation is 1. The summed E-state index contributed by atoms with van der Waals surface area (Å²) in [6.07, 6.45) is 2.39. The molecule has 1 amide bonds. The van der Waals surface area contributed by atoms with E-state index in [0.717, 1.165) is 6.26 Å². The van der Waals surface area contributed by atoms with Gasteiger partial charge in [-0.3, -0.25) is 9.48 Å². The van der Waals surface area contributed by atoms with Gasteiger partial charge < -0.3 is 19.9 Å². The second-order valence-electron chi connectivity index (χ2n) is 7.16. The second-order valence-corrected chi connectivity index (χ2v) is 9.18. The lowest BCUT2D eigenvalue weighted by Gasteiger charge is -2.15. The second kappa shape index (κ2) is 9.84. The van der Waals surface area contributed by atoms with Crippen LogP contribution in [0.5, 0.6) is 17.2 Å². The van der Waals surface area contributed by atoms with Crippen molar-refractivity contribution in [1.29, 1.82) is 0 Å². The summed E-state index contributed by atoms with van der Waals surface area (Å²) in [7, 11) is -3.32. The summed E-state index contributed by atoms with van der Waals surface area (Å²) in [4.78, 5) is 13.0. The first-order chi connectivity index (χ1) is 15.2. The topological polar surface area (TPSA) is 120 Å². The maximum atomic E-state index is 12.8. The molecule has 2 N–H and O–H groups in total. The Hall–Kier alpha value is -3.37. The lowest BCUT2D eigenvalue weighted by atomic mass is 10.2. The van der Waals surface area contributed by atoms with Crippen molar-refractivity contribution in [2.24, 2.45) is 0 Å². The van der Waals surface area contributed by atoms with Gasteiger partial charge >= 0.3 is 0 Å². The molecule has 0 fully saturated rings. The number of hydrogen-bond acceptors (Lipinski definition) is 7. The molecule has 2 aromatic carbocycles. The van der Waals surface area contributed by atoms with Crippen LogP contribution in [0.1, 0.15) is 24.2 Å². The summed E-state index contributed by atoms with van der Waals surface area (Å²) in [5.41, 5.74) is 0.265. The molecule has 0 bridgehead atoms. The van der Waals surface area contributed by atoms with E-state index < -0.39 is 21.8 Å². The van der Waals surface area contributed by atoms with Crippen molar-refractivity contribution in [2.75, 3.05) is 18.2 Å². The predicted octanol–water partition coefficient (Wildman–Crippen LogP) is 3.11. The van der Waals surface area contributed by atoms with Gasteiger partial charge in [-0.25, -0.2) is 8.42 Å². The van der Waals surface area contributed by atoms with Crippen LogP contribution in [0.4, 0.5) is 5.82 Å². The zero-order valence-electron chi connectivity index (χ0n) is 18.0. The van der Waals surface area contributed by atoms with E-state index in [9.17, 15) is 18.3 Å². The summed E-state index contributed by atoms with van der Waals surface area (Å²) >= 11 is 0. The molecule has 3 aromatic rings. The van der Waals surface area contributed by atoms with Crippen LogP contribution >= 0.6 is 0 Å². The number of ether oxygens (including phenoxy) is 2. The number of amides is 1. The molecule has 9 nitrogen and oxygen atoms in total. The molecule has 0 radical (unpaired) electrons. The highest BCUT2D eigenvalue weighted by atomic mass is 32.2. The van der Waals surface area contributed by atoms with Crippen LogP contribution in [-0.2, 0) is 16.4 Å². The van der Waals surface area contributed by atoms with Gasteiger partial charge in [0.1, 0.15) is 23.4 Å². The standard InChI is InChI=1S/C22H25N3O6S/c1-4-25-10-9-21(24-25)23-22(27)16-11-18(30-15(2)14-26)13-19(12-16)31-17-5-7-20(8-6-17)32(3,28)29/h5-13,15,26H,4,14H2,1-3H3,(H,23,24,27)/t15-/m0/s1. The minimum absolute atomic E-state index is 0.172. The number of nitrogens with zero attached hydrogens (tertiary/aromatic N) is 2. The monoisotopic (exact) mass is 459 g/mol. The lowest BCUT2D eigenvalue weighted by molar-refractivity contribution is 0.102. The summed E-state index contributed by atoms with van der Waals surface area (Å²) < 4.78 is 36.5. The Bertz CT molecular complexity index is 1190. The number of nitrogens with one attached hydrogen (secondary N) is 1. The maximum absolute atomic E-state index is 12.8. The highest BCUT2D eigenvalue weighted by Crippen LogP contribution is 2.29. The maximum Gasteiger partial charge on any atom is 0.257 e. The largest absolute Gasteiger partial charge is 0.488 e. The molecular weight excluding hydrogens is 434 g/mol. The number of aromatic nitrogens is 2. The normalized spacial score (nSPS) is 12.2. The number of benzene rings is 2. The lowest BCUT2D eigenvalue weighted by Crippen LogP contribution is -2.17. The molecule has 0 aliphatic heterocycles. The van der Waals surface area contributed by atoms with Gasteiger partial charge in [0.15, 0.2) is 15.7 Å². The Morgan fingerprint density at radius 3 is 2.41 bits per heavy atom. The average Bonchev–Trinajstić information content (AvgIpc) is 3.20. The van der Waals surface area contributed by atoms with Crippen molar-refractivity contribution in [3.8, 4) is 17.2 Å². The minimum atomic E-state index is -3.32. The summed E-state index contributed by atoms with van der Waals surface area (Å²) in [6, 6.07) is 12.3. The van der Waals surface area contributed by atoms with E-state index >= 15 is 0 Å². The fourth-order valence-electron chi connectivity index (χ4n) is 2.78. The number of aliphatic hydroxyl groups excluding tert-OH is 1. The number of aliphatic hydroxyl groups is 1. The SMILES string of the molecule is CCn1ccc(NC(=O)c2cc(Oc3ccc(S(C)(=O)=O)cc3)cc(O[C@@H](C)CO)c2)n1. The first-order valence-corrected chi connectivity index (χ1v) is 11.8. The molecule has 1 heterocycles. The van der Waals surface area contributed by atoms with Crippen LogP contribution in [0, 0.1) is 0 Å². The summed E-state index contributed by atoms with van der Waals surface area (Å²) in [6.45, 7) is 4.10. The first-order valence-electron chi connectivity index (χ1n) is 9.93. The van der Waals surface area contributed by atoms with Crippen LogP contribution in [0.3, 0.4) is 0 Å². The van der Waals surface area contributed by atoms with Crippen molar-refractivity contribution >= 4 is 21.6 Å². The van der Waals surface area contributed by atoms with E-state index in [0.29, 0.717) is 29.6 Å². The molecule has 0 aliphatic rings. The molecule has 0 unspecified atom stereocenters. The third-order valence-electron chi connectivity index (χ3n) is 4.43. The molecule has 1 aromatic heterocycles. The molecule has 0 saturated heterocycles. The Labute approximate surface area is 186 Å². The third kappa shape index (κ3) is 6.08. The molecule has 170 valence electrons. The van der Waals surface area contributed by atoms with E-state index in [-0.39, 0.29) is 17.1 Å². The number of anilines is 1. The van der Waals surface area contributed by atoms with E-state index in [1.54, 1.807) is 29.9 Å². The highest BCUT2D eigenvalue weighted by molar-refractivity contribution is 7.90.